The molecule has 0 spiro atoms. The third kappa shape index (κ3) is 9.06. The number of rotatable bonds is 15. The number of carboxylic acids is 2. The predicted octanol–water partition coefficient (Wildman–Crippen LogP) is 0.417. The Bertz CT molecular complexity index is 1150. The van der Waals surface area contributed by atoms with Crippen LogP contribution in [-0.4, -0.2) is 74.8 Å². The number of carbonyl (C=O) groups excluding carboxylic acids is 3. The Kier molecular flexibility index (Phi) is 11.6. The molecule has 0 radical (unpaired) electrons. The highest BCUT2D eigenvalue weighted by atomic mass is 32.1. The zero-order valence-corrected chi connectivity index (χ0v) is 22.2. The fourth-order valence-electron chi connectivity index (χ4n) is 3.85. The average molecular weight is 550 g/mol. The van der Waals surface area contributed by atoms with Crippen molar-refractivity contribution in [3.05, 3.63) is 36.0 Å². The summed E-state index contributed by atoms with van der Waals surface area (Å²) in [6.07, 6.45) is 1.53. The van der Waals surface area contributed by atoms with Gasteiger partial charge >= 0.3 is 11.9 Å². The number of aromatic nitrogens is 1. The number of H-pyrrole nitrogens is 1. The first-order valence-electron chi connectivity index (χ1n) is 12.2. The first kappa shape index (κ1) is 30.6. The summed E-state index contributed by atoms with van der Waals surface area (Å²) in [5.74, 6) is -4.62. The number of aliphatic carboxylic acids is 2. The number of thiol groups is 1. The second-order valence-corrected chi connectivity index (χ2v) is 9.80. The molecule has 4 atom stereocenters. The summed E-state index contributed by atoms with van der Waals surface area (Å²) in [5.41, 5.74) is 7.41. The van der Waals surface area contributed by atoms with Gasteiger partial charge in [0.25, 0.3) is 0 Å². The molecule has 208 valence electrons. The van der Waals surface area contributed by atoms with E-state index in [0.29, 0.717) is 0 Å². The Labute approximate surface area is 225 Å². The molecule has 2 rings (SSSR count). The van der Waals surface area contributed by atoms with Gasteiger partial charge in [0, 0.05) is 35.7 Å². The van der Waals surface area contributed by atoms with E-state index in [1.54, 1.807) is 6.20 Å². The van der Waals surface area contributed by atoms with Gasteiger partial charge in [-0.05, 0) is 30.4 Å². The minimum absolute atomic E-state index is 0.0311. The molecule has 8 N–H and O–H groups in total. The zero-order valence-electron chi connectivity index (χ0n) is 21.3. The molecule has 0 aliphatic carbocycles. The van der Waals surface area contributed by atoms with Gasteiger partial charge in [0.15, 0.2) is 0 Å². The standard InChI is InChI=1S/C25H35N5O7S/c1-13(2)9-18(23(34)30-20(12-38)25(36)37)29-24(35)19(28-22(33)16(26)7-8-21(31)32)10-14-11-27-17-6-4-3-5-15(14)17/h3-6,11,13,16,18-20,27,38H,7-10,12,26H2,1-2H3,(H,28,33)(H,29,35)(H,30,34)(H,31,32)(H,36,37). The van der Waals surface area contributed by atoms with Crippen molar-refractivity contribution in [3.8, 4) is 0 Å². The van der Waals surface area contributed by atoms with Crippen LogP contribution in [0.5, 0.6) is 0 Å². The maximum absolute atomic E-state index is 13.4. The van der Waals surface area contributed by atoms with Crippen molar-refractivity contribution in [2.75, 3.05) is 5.75 Å². The van der Waals surface area contributed by atoms with Crippen LogP contribution in [0.4, 0.5) is 0 Å². The average Bonchev–Trinajstić information content (AvgIpc) is 3.26. The van der Waals surface area contributed by atoms with Crippen LogP contribution in [0.25, 0.3) is 10.9 Å². The van der Waals surface area contributed by atoms with Crippen molar-refractivity contribution < 1.29 is 34.2 Å². The van der Waals surface area contributed by atoms with Gasteiger partial charge in [-0.15, -0.1) is 0 Å². The lowest BCUT2D eigenvalue weighted by Crippen LogP contribution is -2.58. The highest BCUT2D eigenvalue weighted by molar-refractivity contribution is 7.80. The summed E-state index contributed by atoms with van der Waals surface area (Å²) in [6.45, 7) is 3.68. The number of fused-ring (bicyclic) bond motifs is 1. The van der Waals surface area contributed by atoms with E-state index in [0.717, 1.165) is 16.5 Å². The molecule has 3 amide bonds. The summed E-state index contributed by atoms with van der Waals surface area (Å²) < 4.78 is 0. The lowest BCUT2D eigenvalue weighted by atomic mass is 10.00. The third-order valence-electron chi connectivity index (χ3n) is 5.88. The number of carbonyl (C=O) groups is 5. The minimum Gasteiger partial charge on any atom is -0.481 e. The summed E-state index contributed by atoms with van der Waals surface area (Å²) in [4.78, 5) is 64.4. The van der Waals surface area contributed by atoms with Crippen LogP contribution in [-0.2, 0) is 30.4 Å². The lowest BCUT2D eigenvalue weighted by Gasteiger charge is -2.26. The lowest BCUT2D eigenvalue weighted by molar-refractivity contribution is -0.141. The predicted molar refractivity (Wildman–Crippen MR) is 144 cm³/mol. The Morgan fingerprint density at radius 2 is 1.55 bits per heavy atom. The van der Waals surface area contributed by atoms with Crippen molar-refractivity contribution >= 4 is 53.2 Å². The van der Waals surface area contributed by atoms with Gasteiger partial charge in [-0.1, -0.05) is 32.0 Å². The maximum atomic E-state index is 13.4. The van der Waals surface area contributed by atoms with E-state index in [9.17, 15) is 29.1 Å². The van der Waals surface area contributed by atoms with Crippen LogP contribution < -0.4 is 21.7 Å². The number of amides is 3. The number of hydrogen-bond donors (Lipinski definition) is 8. The minimum atomic E-state index is -1.26. The number of para-hydroxylation sites is 1. The molecule has 1 aromatic heterocycles. The van der Waals surface area contributed by atoms with Gasteiger partial charge in [0.05, 0.1) is 6.04 Å². The van der Waals surface area contributed by atoms with Crippen LogP contribution >= 0.6 is 12.6 Å². The van der Waals surface area contributed by atoms with Gasteiger partial charge in [0.1, 0.15) is 18.1 Å². The highest BCUT2D eigenvalue weighted by Gasteiger charge is 2.31. The largest absolute Gasteiger partial charge is 0.481 e. The molecule has 13 heteroatoms. The quantitative estimate of drug-likeness (QED) is 0.146. The SMILES string of the molecule is CC(C)CC(NC(=O)C(Cc1c[nH]c2ccccc12)NC(=O)C(N)CCC(=O)O)C(=O)NC(CS)C(=O)O. The summed E-state index contributed by atoms with van der Waals surface area (Å²) in [7, 11) is 0. The maximum Gasteiger partial charge on any atom is 0.327 e. The van der Waals surface area contributed by atoms with Crippen LogP contribution in [0, 0.1) is 5.92 Å². The van der Waals surface area contributed by atoms with Crippen molar-refractivity contribution in [2.45, 2.75) is 63.7 Å². The monoisotopic (exact) mass is 549 g/mol. The van der Waals surface area contributed by atoms with E-state index in [1.807, 2.05) is 38.1 Å². The second-order valence-electron chi connectivity index (χ2n) is 9.44. The molecule has 0 bridgehead atoms. The van der Waals surface area contributed by atoms with Crippen molar-refractivity contribution in [1.82, 2.24) is 20.9 Å². The molecule has 4 unspecified atom stereocenters. The van der Waals surface area contributed by atoms with Crippen molar-refractivity contribution in [2.24, 2.45) is 11.7 Å². The zero-order chi connectivity index (χ0) is 28.4. The first-order valence-corrected chi connectivity index (χ1v) is 12.8. The number of nitrogens with one attached hydrogen (secondary N) is 4. The van der Waals surface area contributed by atoms with Gasteiger partial charge in [-0.3, -0.25) is 19.2 Å². The number of nitrogens with two attached hydrogens (primary N) is 1. The first-order chi connectivity index (χ1) is 17.9. The van der Waals surface area contributed by atoms with E-state index >= 15 is 0 Å². The van der Waals surface area contributed by atoms with Crippen LogP contribution in [0.15, 0.2) is 30.5 Å². The van der Waals surface area contributed by atoms with Gasteiger partial charge in [-0.2, -0.15) is 12.6 Å². The Morgan fingerprint density at radius 3 is 2.16 bits per heavy atom. The van der Waals surface area contributed by atoms with E-state index in [4.69, 9.17) is 10.8 Å². The number of carboxylic acid groups (broad SMARTS) is 2. The normalized spacial score (nSPS) is 14.3. The summed E-state index contributed by atoms with van der Waals surface area (Å²) >= 11 is 3.95. The molecule has 38 heavy (non-hydrogen) atoms. The fraction of sp³-hybridized carbons (Fsp3) is 0.480. The van der Waals surface area contributed by atoms with E-state index < -0.39 is 53.8 Å². The molecule has 12 nitrogen and oxygen atoms in total. The number of hydrogen-bond acceptors (Lipinski definition) is 7. The Balaban J connectivity index is 2.29. The molecule has 0 aliphatic rings. The molecular formula is C25H35N5O7S. The van der Waals surface area contributed by atoms with Gasteiger partial charge in [-0.25, -0.2) is 4.79 Å². The second kappa shape index (κ2) is 14.4. The van der Waals surface area contributed by atoms with Gasteiger partial charge < -0.3 is 36.9 Å². The van der Waals surface area contributed by atoms with Crippen molar-refractivity contribution in [3.63, 3.8) is 0 Å². The van der Waals surface area contributed by atoms with E-state index in [2.05, 4.69) is 33.6 Å². The molecular weight excluding hydrogens is 514 g/mol. The topological polar surface area (TPSA) is 204 Å². The molecule has 1 aromatic carbocycles. The van der Waals surface area contributed by atoms with Crippen LogP contribution in [0.1, 0.15) is 38.7 Å². The molecule has 0 saturated carbocycles. The summed E-state index contributed by atoms with van der Waals surface area (Å²) in [6, 6.07) is 2.76. The fourth-order valence-corrected chi connectivity index (χ4v) is 4.10. The Hall–Kier alpha value is -3.58. The summed E-state index contributed by atoms with van der Waals surface area (Å²) in [5, 5.41) is 26.6. The molecule has 0 aliphatic heterocycles. The van der Waals surface area contributed by atoms with Crippen LogP contribution in [0.3, 0.4) is 0 Å². The van der Waals surface area contributed by atoms with E-state index in [-0.39, 0.29) is 37.4 Å². The van der Waals surface area contributed by atoms with Gasteiger partial charge in [0.2, 0.25) is 17.7 Å². The number of aromatic amines is 1. The van der Waals surface area contributed by atoms with Crippen LogP contribution in [0.2, 0.25) is 0 Å². The smallest absolute Gasteiger partial charge is 0.327 e. The molecule has 0 saturated heterocycles. The van der Waals surface area contributed by atoms with E-state index in [1.165, 1.54) is 0 Å². The highest BCUT2D eigenvalue weighted by Crippen LogP contribution is 2.19. The Morgan fingerprint density at radius 1 is 0.947 bits per heavy atom. The number of benzene rings is 1. The molecule has 0 fully saturated rings. The van der Waals surface area contributed by atoms with Crippen molar-refractivity contribution in [1.29, 1.82) is 0 Å². The molecule has 1 heterocycles. The molecule has 2 aromatic rings. The third-order valence-corrected chi connectivity index (χ3v) is 6.24.